The highest BCUT2D eigenvalue weighted by atomic mass is 15.3. The average Bonchev–Trinajstić information content (AvgIpc) is 2.95. The van der Waals surface area contributed by atoms with E-state index in [1.165, 1.54) is 40.8 Å². The van der Waals surface area contributed by atoms with Gasteiger partial charge >= 0.3 is 0 Å². The van der Waals surface area contributed by atoms with Gasteiger partial charge in [0, 0.05) is 31.9 Å². The van der Waals surface area contributed by atoms with Gasteiger partial charge in [0.15, 0.2) is 0 Å². The fourth-order valence-electron chi connectivity index (χ4n) is 3.32. The Balaban J connectivity index is 1.76. The normalized spacial score (nSPS) is 17.4. The summed E-state index contributed by atoms with van der Waals surface area (Å²) in [5.74, 6) is 0. The van der Waals surface area contributed by atoms with Gasteiger partial charge in [0.2, 0.25) is 0 Å². The number of anilines is 1. The molecular weight excluding hydrogens is 272 g/mol. The molecule has 0 bridgehead atoms. The number of aryl methyl sites for hydroxylation is 1. The van der Waals surface area contributed by atoms with E-state index in [-0.39, 0.29) is 0 Å². The molecule has 0 saturated heterocycles. The molecule has 0 aromatic heterocycles. The maximum atomic E-state index is 3.91. The highest BCUT2D eigenvalue weighted by Crippen LogP contribution is 2.26. The van der Waals surface area contributed by atoms with Crippen LogP contribution in [0.2, 0.25) is 0 Å². The number of benzene rings is 1. The number of rotatable bonds is 6. The van der Waals surface area contributed by atoms with E-state index in [4.69, 9.17) is 0 Å². The molecule has 22 heavy (non-hydrogen) atoms. The van der Waals surface area contributed by atoms with Crippen molar-refractivity contribution in [1.82, 2.24) is 15.8 Å². The maximum absolute atomic E-state index is 3.91. The van der Waals surface area contributed by atoms with Crippen LogP contribution in [-0.4, -0.2) is 38.1 Å². The molecule has 118 valence electrons. The van der Waals surface area contributed by atoms with Gasteiger partial charge in [-0.3, -0.25) is 10.9 Å². The van der Waals surface area contributed by atoms with E-state index in [0.717, 1.165) is 32.6 Å². The van der Waals surface area contributed by atoms with Crippen LogP contribution >= 0.6 is 0 Å². The topological polar surface area (TPSA) is 39.3 Å². The third kappa shape index (κ3) is 3.34. The van der Waals surface area contributed by atoms with E-state index in [1.807, 2.05) is 13.2 Å². The number of hydrogen-bond donors (Lipinski definition) is 3. The van der Waals surface area contributed by atoms with Crippen LogP contribution in [0.1, 0.15) is 17.5 Å². The zero-order chi connectivity index (χ0) is 15.4. The third-order valence-corrected chi connectivity index (χ3v) is 4.55. The lowest BCUT2D eigenvalue weighted by atomic mass is 9.97. The summed E-state index contributed by atoms with van der Waals surface area (Å²) >= 11 is 0. The molecule has 0 saturated carbocycles. The summed E-state index contributed by atoms with van der Waals surface area (Å²) < 4.78 is 0. The van der Waals surface area contributed by atoms with Gasteiger partial charge in [-0.05, 0) is 60.8 Å². The van der Waals surface area contributed by atoms with Crippen molar-refractivity contribution in [2.45, 2.75) is 19.3 Å². The Labute approximate surface area is 133 Å². The molecule has 0 atom stereocenters. The lowest BCUT2D eigenvalue weighted by Crippen LogP contribution is -2.30. The predicted molar refractivity (Wildman–Crippen MR) is 92.8 cm³/mol. The van der Waals surface area contributed by atoms with Gasteiger partial charge < -0.3 is 10.2 Å². The molecule has 4 heteroatoms. The molecular formula is C18H26N4. The molecule has 0 aliphatic carbocycles. The Bertz CT molecular complexity index is 576. The van der Waals surface area contributed by atoms with Crippen LogP contribution in [-0.2, 0) is 12.8 Å². The molecule has 0 amide bonds. The number of hydrogen-bond acceptors (Lipinski definition) is 4. The zero-order valence-corrected chi connectivity index (χ0v) is 13.4. The molecule has 2 aliphatic heterocycles. The molecule has 3 rings (SSSR count). The molecule has 1 aromatic carbocycles. The second-order valence-corrected chi connectivity index (χ2v) is 6.10. The molecule has 0 spiro atoms. The van der Waals surface area contributed by atoms with Crippen molar-refractivity contribution in [2.75, 3.05) is 38.5 Å². The van der Waals surface area contributed by atoms with E-state index >= 15 is 0 Å². The van der Waals surface area contributed by atoms with Crippen LogP contribution in [0.5, 0.6) is 0 Å². The van der Waals surface area contributed by atoms with Crippen molar-refractivity contribution in [3.05, 3.63) is 53.3 Å². The number of hydrazine groups is 1. The first-order valence-corrected chi connectivity index (χ1v) is 8.12. The van der Waals surface area contributed by atoms with Crippen LogP contribution in [0.15, 0.2) is 42.1 Å². The predicted octanol–water partition coefficient (Wildman–Crippen LogP) is 2.07. The van der Waals surface area contributed by atoms with Crippen LogP contribution in [0.3, 0.4) is 0 Å². The van der Waals surface area contributed by atoms with Crippen molar-refractivity contribution in [3.8, 4) is 0 Å². The van der Waals surface area contributed by atoms with Gasteiger partial charge in [-0.1, -0.05) is 18.7 Å². The van der Waals surface area contributed by atoms with Gasteiger partial charge in [-0.25, -0.2) is 0 Å². The molecule has 2 aliphatic rings. The fraction of sp³-hybridized carbons (Fsp3) is 0.444. The Morgan fingerprint density at radius 3 is 3.00 bits per heavy atom. The standard InChI is InChI=1S/C18H26N4/c1-3-22-12-16(17(13-22)11-21-19-2)9-14-6-7-15-5-4-8-20-18(15)10-14/h3,6-7,10,19-21H,1,4-5,8-9,11-13H2,2H3. The highest BCUT2D eigenvalue weighted by molar-refractivity contribution is 5.55. The van der Waals surface area contributed by atoms with Crippen molar-refractivity contribution in [1.29, 1.82) is 0 Å². The Morgan fingerprint density at radius 2 is 2.18 bits per heavy atom. The lowest BCUT2D eigenvalue weighted by Gasteiger charge is -2.19. The van der Waals surface area contributed by atoms with Crippen LogP contribution < -0.4 is 16.2 Å². The maximum Gasteiger partial charge on any atom is 0.0403 e. The fourth-order valence-corrected chi connectivity index (χ4v) is 3.32. The summed E-state index contributed by atoms with van der Waals surface area (Å²) in [5.41, 5.74) is 13.4. The van der Waals surface area contributed by atoms with Crippen molar-refractivity contribution in [2.24, 2.45) is 0 Å². The minimum absolute atomic E-state index is 0.888. The smallest absolute Gasteiger partial charge is 0.0403 e. The van der Waals surface area contributed by atoms with E-state index in [1.54, 1.807) is 0 Å². The van der Waals surface area contributed by atoms with Gasteiger partial charge in [-0.15, -0.1) is 0 Å². The van der Waals surface area contributed by atoms with Gasteiger partial charge in [0.05, 0.1) is 0 Å². The minimum atomic E-state index is 0.888. The quantitative estimate of drug-likeness (QED) is 0.555. The SMILES string of the molecule is C=CN1CC(CNNC)=C(Cc2ccc3c(c2)NCCC3)C1. The van der Waals surface area contributed by atoms with Crippen molar-refractivity contribution in [3.63, 3.8) is 0 Å². The first-order valence-electron chi connectivity index (χ1n) is 8.12. The van der Waals surface area contributed by atoms with Crippen molar-refractivity contribution < 1.29 is 0 Å². The van der Waals surface area contributed by atoms with Crippen LogP contribution in [0, 0.1) is 0 Å². The first kappa shape index (κ1) is 15.1. The third-order valence-electron chi connectivity index (χ3n) is 4.55. The summed E-state index contributed by atoms with van der Waals surface area (Å²) in [5, 5.41) is 3.53. The summed E-state index contributed by atoms with van der Waals surface area (Å²) in [4.78, 5) is 2.28. The largest absolute Gasteiger partial charge is 0.385 e. The van der Waals surface area contributed by atoms with Crippen LogP contribution in [0.4, 0.5) is 5.69 Å². The first-order chi connectivity index (χ1) is 10.8. The number of fused-ring (bicyclic) bond motifs is 1. The molecule has 4 nitrogen and oxygen atoms in total. The zero-order valence-electron chi connectivity index (χ0n) is 13.4. The van der Waals surface area contributed by atoms with Crippen molar-refractivity contribution >= 4 is 5.69 Å². The van der Waals surface area contributed by atoms with E-state index < -0.39 is 0 Å². The summed E-state index contributed by atoms with van der Waals surface area (Å²) in [6.45, 7) is 7.87. The van der Waals surface area contributed by atoms with Gasteiger partial charge in [0.25, 0.3) is 0 Å². The molecule has 1 aromatic rings. The molecule has 0 unspecified atom stereocenters. The average molecular weight is 298 g/mol. The molecule has 0 fully saturated rings. The second-order valence-electron chi connectivity index (χ2n) is 6.10. The molecule has 3 N–H and O–H groups in total. The van der Waals surface area contributed by atoms with E-state index in [2.05, 4.69) is 45.8 Å². The number of nitrogens with zero attached hydrogens (tertiary/aromatic N) is 1. The van der Waals surface area contributed by atoms with Crippen LogP contribution in [0.25, 0.3) is 0 Å². The molecule has 2 heterocycles. The minimum Gasteiger partial charge on any atom is -0.385 e. The summed E-state index contributed by atoms with van der Waals surface area (Å²) in [6, 6.07) is 6.92. The summed E-state index contributed by atoms with van der Waals surface area (Å²) in [6.07, 6.45) is 5.42. The Hall–Kier alpha value is -1.78. The summed E-state index contributed by atoms with van der Waals surface area (Å²) in [7, 11) is 1.91. The lowest BCUT2D eigenvalue weighted by molar-refractivity contribution is 0.469. The van der Waals surface area contributed by atoms with E-state index in [0.29, 0.717) is 0 Å². The molecule has 0 radical (unpaired) electrons. The second kappa shape index (κ2) is 6.99. The van der Waals surface area contributed by atoms with E-state index in [9.17, 15) is 0 Å². The Morgan fingerprint density at radius 1 is 1.32 bits per heavy atom. The van der Waals surface area contributed by atoms with Gasteiger partial charge in [0.1, 0.15) is 0 Å². The highest BCUT2D eigenvalue weighted by Gasteiger charge is 2.19. The van der Waals surface area contributed by atoms with Gasteiger partial charge in [-0.2, -0.15) is 0 Å². The number of nitrogens with one attached hydrogen (secondary N) is 3. The monoisotopic (exact) mass is 298 g/mol. The Kier molecular flexibility index (Phi) is 4.80.